The maximum atomic E-state index is 12.8. The Morgan fingerprint density at radius 2 is 2.00 bits per heavy atom. The smallest absolute Gasteiger partial charge is 0.260 e. The Morgan fingerprint density at radius 1 is 1.29 bits per heavy atom. The third-order valence-electron chi connectivity index (χ3n) is 6.57. The van der Waals surface area contributed by atoms with Crippen LogP contribution in [0, 0.1) is 5.41 Å². The first-order valence-corrected chi connectivity index (χ1v) is 10.5. The molecule has 3 aliphatic heterocycles. The van der Waals surface area contributed by atoms with Gasteiger partial charge in [0.25, 0.3) is 11.5 Å². The highest BCUT2D eigenvalue weighted by Gasteiger charge is 2.44. The van der Waals surface area contributed by atoms with Crippen molar-refractivity contribution in [1.29, 1.82) is 0 Å². The molecule has 0 bridgehead atoms. The Labute approximate surface area is 169 Å². The largest absolute Gasteiger partial charge is 0.392 e. The van der Waals surface area contributed by atoms with Crippen molar-refractivity contribution in [2.24, 2.45) is 5.41 Å². The van der Waals surface area contributed by atoms with E-state index in [4.69, 9.17) is 16.3 Å². The molecule has 7 nitrogen and oxygen atoms in total. The summed E-state index contributed by atoms with van der Waals surface area (Å²) in [7, 11) is 0. The highest BCUT2D eigenvalue weighted by Crippen LogP contribution is 2.41. The van der Waals surface area contributed by atoms with Crippen LogP contribution >= 0.6 is 11.6 Å². The van der Waals surface area contributed by atoms with Gasteiger partial charge in [-0.3, -0.25) is 14.5 Å². The van der Waals surface area contributed by atoms with Crippen molar-refractivity contribution in [2.75, 3.05) is 39.4 Å². The number of pyridine rings is 1. The average molecular weight is 410 g/mol. The summed E-state index contributed by atoms with van der Waals surface area (Å²) in [4.78, 5) is 31.5. The van der Waals surface area contributed by atoms with Gasteiger partial charge in [-0.2, -0.15) is 0 Å². The molecule has 2 N–H and O–H groups in total. The van der Waals surface area contributed by atoms with Crippen LogP contribution in [-0.2, 0) is 4.74 Å². The number of amides is 1. The minimum Gasteiger partial charge on any atom is -0.392 e. The minimum atomic E-state index is -0.409. The summed E-state index contributed by atoms with van der Waals surface area (Å²) >= 11 is 5.94. The zero-order valence-corrected chi connectivity index (χ0v) is 16.8. The van der Waals surface area contributed by atoms with E-state index < -0.39 is 5.56 Å². The maximum Gasteiger partial charge on any atom is 0.260 e. The molecule has 0 aliphatic carbocycles. The van der Waals surface area contributed by atoms with Crippen LogP contribution in [0.4, 0.5) is 0 Å². The molecule has 28 heavy (non-hydrogen) atoms. The zero-order valence-electron chi connectivity index (χ0n) is 16.0. The van der Waals surface area contributed by atoms with Crippen molar-refractivity contribution < 1.29 is 14.6 Å². The zero-order chi connectivity index (χ0) is 19.7. The summed E-state index contributed by atoms with van der Waals surface area (Å²) in [5.74, 6) is -0.267. The fraction of sp³-hybridized carbons (Fsp3) is 0.700. The van der Waals surface area contributed by atoms with Crippen molar-refractivity contribution in [3.05, 3.63) is 33.2 Å². The Balaban J connectivity index is 1.42. The van der Waals surface area contributed by atoms with E-state index in [-0.39, 0.29) is 23.0 Å². The molecule has 1 atom stereocenters. The summed E-state index contributed by atoms with van der Waals surface area (Å²) in [5, 5.41) is 10.9. The highest BCUT2D eigenvalue weighted by atomic mass is 35.5. The standard InChI is InChI=1S/C20H28ClN3O4/c21-14-9-17(18(26)22-11-14)19(27)23-5-3-20(4-6-23)10-16(25)12-24(13-20)15-1-7-28-8-2-15/h9,11,15-16,25H,1-8,10,12-13H2,(H,22,26). The van der Waals surface area contributed by atoms with E-state index in [9.17, 15) is 14.7 Å². The van der Waals surface area contributed by atoms with Gasteiger partial charge < -0.3 is 19.7 Å². The Hall–Kier alpha value is -1.41. The molecule has 1 unspecified atom stereocenters. The molecule has 1 spiro atoms. The number of likely N-dealkylation sites (tertiary alicyclic amines) is 2. The number of piperidine rings is 2. The van der Waals surface area contributed by atoms with Crippen molar-refractivity contribution in [3.8, 4) is 0 Å². The van der Waals surface area contributed by atoms with Crippen molar-refractivity contribution in [2.45, 2.75) is 44.2 Å². The first kappa shape index (κ1) is 19.9. The number of hydrogen-bond acceptors (Lipinski definition) is 5. The lowest BCUT2D eigenvalue weighted by atomic mass is 9.71. The number of rotatable bonds is 2. The van der Waals surface area contributed by atoms with E-state index in [1.165, 1.54) is 12.3 Å². The number of nitrogens with zero attached hydrogens (tertiary/aromatic N) is 2. The summed E-state index contributed by atoms with van der Waals surface area (Å²) in [6, 6.07) is 1.91. The molecule has 8 heteroatoms. The fourth-order valence-corrected chi connectivity index (χ4v) is 5.22. The van der Waals surface area contributed by atoms with Gasteiger partial charge in [0.05, 0.1) is 11.1 Å². The predicted molar refractivity (Wildman–Crippen MR) is 106 cm³/mol. The lowest BCUT2D eigenvalue weighted by Crippen LogP contribution is -2.57. The number of carbonyl (C=O) groups excluding carboxylic acids is 1. The van der Waals surface area contributed by atoms with E-state index >= 15 is 0 Å². The fourth-order valence-electron chi connectivity index (χ4n) is 5.06. The van der Waals surface area contributed by atoms with Crippen LogP contribution in [0.25, 0.3) is 0 Å². The van der Waals surface area contributed by atoms with Crippen molar-refractivity contribution >= 4 is 17.5 Å². The van der Waals surface area contributed by atoms with Gasteiger partial charge in [-0.25, -0.2) is 0 Å². The van der Waals surface area contributed by atoms with Gasteiger partial charge in [-0.05, 0) is 43.6 Å². The number of aliphatic hydroxyl groups is 1. The molecule has 0 aromatic carbocycles. The van der Waals surface area contributed by atoms with Gasteiger partial charge in [0, 0.05) is 51.6 Å². The monoisotopic (exact) mass is 409 g/mol. The summed E-state index contributed by atoms with van der Waals surface area (Å²) in [6.07, 6.45) is 5.57. The van der Waals surface area contributed by atoms with E-state index in [1.807, 2.05) is 0 Å². The van der Waals surface area contributed by atoms with Gasteiger partial charge in [-0.1, -0.05) is 11.6 Å². The number of aromatic amines is 1. The molecule has 3 saturated heterocycles. The minimum absolute atomic E-state index is 0.0352. The van der Waals surface area contributed by atoms with Gasteiger partial charge in [0.1, 0.15) is 5.56 Å². The normalized spacial score (nSPS) is 26.5. The third-order valence-corrected chi connectivity index (χ3v) is 6.79. The van der Waals surface area contributed by atoms with Crippen LogP contribution in [0.1, 0.15) is 42.5 Å². The number of hydrogen-bond donors (Lipinski definition) is 2. The van der Waals surface area contributed by atoms with Crippen LogP contribution in [0.5, 0.6) is 0 Å². The second-order valence-corrected chi connectivity index (χ2v) is 8.92. The molecule has 3 fully saturated rings. The quantitative estimate of drug-likeness (QED) is 0.773. The molecule has 1 aromatic rings. The number of ether oxygens (including phenoxy) is 1. The van der Waals surface area contributed by atoms with Crippen LogP contribution in [-0.4, -0.2) is 77.3 Å². The lowest BCUT2D eigenvalue weighted by Gasteiger charge is -2.51. The molecule has 1 amide bonds. The van der Waals surface area contributed by atoms with Crippen LogP contribution < -0.4 is 5.56 Å². The summed E-state index contributed by atoms with van der Waals surface area (Å²) in [6.45, 7) is 4.47. The number of aromatic nitrogens is 1. The molecule has 0 saturated carbocycles. The molecule has 154 valence electrons. The van der Waals surface area contributed by atoms with Gasteiger partial charge >= 0.3 is 0 Å². The van der Waals surface area contributed by atoms with Crippen LogP contribution in [0.2, 0.25) is 5.02 Å². The van der Waals surface area contributed by atoms with Crippen molar-refractivity contribution in [1.82, 2.24) is 14.8 Å². The average Bonchev–Trinajstić information content (AvgIpc) is 2.70. The first-order chi connectivity index (χ1) is 13.5. The number of carbonyl (C=O) groups is 1. The number of halogens is 1. The summed E-state index contributed by atoms with van der Waals surface area (Å²) in [5.41, 5.74) is -0.280. The van der Waals surface area contributed by atoms with Crippen LogP contribution in [0.3, 0.4) is 0 Å². The molecule has 4 heterocycles. The van der Waals surface area contributed by atoms with E-state index in [0.29, 0.717) is 24.2 Å². The number of aliphatic hydroxyl groups excluding tert-OH is 1. The Morgan fingerprint density at radius 3 is 2.71 bits per heavy atom. The van der Waals surface area contributed by atoms with E-state index in [2.05, 4.69) is 9.88 Å². The second kappa shape index (κ2) is 8.14. The van der Waals surface area contributed by atoms with E-state index in [0.717, 1.165) is 58.4 Å². The molecular weight excluding hydrogens is 382 g/mol. The maximum absolute atomic E-state index is 12.8. The molecule has 0 radical (unpaired) electrons. The van der Waals surface area contributed by atoms with Gasteiger partial charge in [0.2, 0.25) is 0 Å². The first-order valence-electron chi connectivity index (χ1n) is 10.1. The SMILES string of the molecule is O=C(c1cc(Cl)c[nH]c1=O)N1CCC2(CC1)CC(O)CN(C1CCOCC1)C2. The summed E-state index contributed by atoms with van der Waals surface area (Å²) < 4.78 is 5.48. The molecule has 1 aromatic heterocycles. The number of nitrogens with one attached hydrogen (secondary N) is 1. The Kier molecular flexibility index (Phi) is 5.78. The lowest BCUT2D eigenvalue weighted by molar-refractivity contribution is -0.0695. The Bertz CT molecular complexity index is 769. The van der Waals surface area contributed by atoms with E-state index in [1.54, 1.807) is 4.90 Å². The molecular formula is C20H28ClN3O4. The predicted octanol–water partition coefficient (Wildman–Crippen LogP) is 1.50. The topological polar surface area (TPSA) is 85.9 Å². The van der Waals surface area contributed by atoms with Crippen LogP contribution in [0.15, 0.2) is 17.1 Å². The van der Waals surface area contributed by atoms with Gasteiger partial charge in [0.15, 0.2) is 0 Å². The number of β-amino-alcohol motifs (C(OH)–C–C–N with tert-alkyl or cyclic N) is 1. The highest BCUT2D eigenvalue weighted by molar-refractivity contribution is 6.30. The second-order valence-electron chi connectivity index (χ2n) is 8.48. The van der Waals surface area contributed by atoms with Gasteiger partial charge in [-0.15, -0.1) is 0 Å². The van der Waals surface area contributed by atoms with Crippen molar-refractivity contribution in [3.63, 3.8) is 0 Å². The molecule has 3 aliphatic rings. The third kappa shape index (κ3) is 4.13. The molecule has 4 rings (SSSR count). The number of H-pyrrole nitrogens is 1.